The van der Waals surface area contributed by atoms with E-state index in [1.807, 2.05) is 367 Å². The van der Waals surface area contributed by atoms with Gasteiger partial charge in [0.15, 0.2) is 34.7 Å². The van der Waals surface area contributed by atoms with Crippen molar-refractivity contribution < 1.29 is 28.8 Å². The van der Waals surface area contributed by atoms with Gasteiger partial charge in [-0.3, -0.25) is 28.8 Å². The van der Waals surface area contributed by atoms with Crippen LogP contribution in [-0.2, 0) is 0 Å². The van der Waals surface area contributed by atoms with Crippen molar-refractivity contribution in [2.75, 3.05) is 0 Å². The van der Waals surface area contributed by atoms with Crippen LogP contribution in [0.3, 0.4) is 0 Å². The fourth-order valence-electron chi connectivity index (χ4n) is 13.0. The molecule has 0 heterocycles. The van der Waals surface area contributed by atoms with Crippen LogP contribution in [0.25, 0.3) is 0 Å². The van der Waals surface area contributed by atoms with Crippen molar-refractivity contribution in [3.8, 4) is 71.0 Å². The van der Waals surface area contributed by atoms with Crippen molar-refractivity contribution in [2.45, 2.75) is 55.4 Å². The highest BCUT2D eigenvalue weighted by atomic mass is 16.1. The highest BCUT2D eigenvalue weighted by molar-refractivity contribution is 6.12. The molecule has 0 aromatic heterocycles. The summed E-state index contributed by atoms with van der Waals surface area (Å²) in [5.41, 5.74) is 27.3. The lowest BCUT2D eigenvalue weighted by Gasteiger charge is -2.03. The summed E-state index contributed by atoms with van der Waals surface area (Å²) in [5.74, 6) is 37.6. The van der Waals surface area contributed by atoms with Gasteiger partial charge >= 0.3 is 0 Å². The summed E-state index contributed by atoms with van der Waals surface area (Å²) in [6, 6.07) is 122. The normalized spacial score (nSPS) is 10.0. The van der Waals surface area contributed by atoms with Crippen molar-refractivity contribution in [2.24, 2.45) is 0 Å². The first-order valence-corrected chi connectivity index (χ1v) is 41.9. The molecule has 0 N–H and O–H groups in total. The molecule has 6 nitrogen and oxygen atoms in total. The highest BCUT2D eigenvalue weighted by Gasteiger charge is 2.16. The third-order valence-electron chi connectivity index (χ3n) is 20.7. The summed E-state index contributed by atoms with van der Waals surface area (Å²) >= 11 is 0. The average molecular weight is 1650 g/mol. The van der Waals surface area contributed by atoms with Gasteiger partial charge < -0.3 is 0 Å². The third-order valence-corrected chi connectivity index (χ3v) is 20.7. The Morgan fingerprint density at radius 3 is 0.391 bits per heavy atom. The molecule has 0 aliphatic carbocycles. The second kappa shape index (κ2) is 43.6. The van der Waals surface area contributed by atoms with E-state index in [1.54, 1.807) is 48.5 Å². The van der Waals surface area contributed by atoms with E-state index in [0.717, 1.165) is 89.0 Å². The first kappa shape index (κ1) is 88.7. The fourth-order valence-corrected chi connectivity index (χ4v) is 13.0. The quantitative estimate of drug-likeness (QED) is 0.0892. The highest BCUT2D eigenvalue weighted by Crippen LogP contribution is 2.22. The zero-order valence-electron chi connectivity index (χ0n) is 72.4. The molecule has 0 fully saturated rings. The Morgan fingerprint density at radius 1 is 0.125 bits per heavy atom. The predicted molar refractivity (Wildman–Crippen MR) is 517 cm³/mol. The van der Waals surface area contributed by atoms with Gasteiger partial charge in [-0.15, -0.1) is 0 Å². The van der Waals surface area contributed by atoms with Crippen molar-refractivity contribution in [3.63, 3.8) is 0 Å². The SMILES string of the molecule is Cc1ccc(C#Cc2ccc(C(=O)c3ccc(C#Cc4ccc(C)cc4)cc3)cc2)cc1.Cc1ccc(C#Cc2cccc(C(=O)c3cccc(C#Cc4ccc(C)cc4)c3)c2)cc1.Cc1ccc(C(=O)c2ccc(C#Cc3ccc(C(=O)c4ccc(C)cc4)cc3)cc2)cc1.Cc1ccc(C(=O)c2cccc(C#Cc3cccc(C(=O)c4ccc(C)cc4)c3)c2)cc1. The van der Waals surface area contributed by atoms with Gasteiger partial charge in [-0.2, -0.15) is 0 Å². The maximum Gasteiger partial charge on any atom is 0.193 e. The standard InChI is InChI=1S/2C31H22O.2C30H22O2/c1-23-3-7-25(8-4-23)11-13-27-15-19-29(20-16-27)31(32)30-21-17-28(18-22-30)14-12-26-9-5-24(2)6-10-26;1-23-9-13-25(14-10-23)17-19-27-5-3-7-29(21-27)31(32)30-8-4-6-28(22-30)20-18-26-15-11-24(2)12-16-26;1-21-3-13-25(14-4-21)29(31)27-17-9-23(10-18-27)7-8-24-11-19-28(20-12-24)30(32)26-15-5-22(2)6-16-26;1-21-9-15-25(16-10-21)29(31)27-7-3-5-23(19-27)13-14-24-6-4-8-28(20-24)30(32)26-17-11-22(2)12-18-26/h3-10,15-22H,1-2H3;3-16,21-22H,1-2H3;3-6,9-20H,1-2H3;3-12,15-20H,1-2H3. The summed E-state index contributed by atoms with van der Waals surface area (Å²) in [6.07, 6.45) is 0. The number of carbonyl (C=O) groups excluding carboxylic acids is 6. The van der Waals surface area contributed by atoms with Crippen LogP contribution in [0.5, 0.6) is 0 Å². The summed E-state index contributed by atoms with van der Waals surface area (Å²) in [4.78, 5) is 76.6. The molecule has 6 heteroatoms. The number of carbonyl (C=O) groups is 6. The monoisotopic (exact) mass is 1650 g/mol. The Bertz CT molecular complexity index is 6720. The molecule has 16 aromatic carbocycles. The lowest BCUT2D eigenvalue weighted by molar-refractivity contribution is 0.103. The van der Waals surface area contributed by atoms with Gasteiger partial charge in [-0.25, -0.2) is 0 Å². The van der Waals surface area contributed by atoms with E-state index in [1.165, 1.54) is 22.3 Å². The Balaban J connectivity index is 0.000000146. The van der Waals surface area contributed by atoms with Crippen molar-refractivity contribution in [1.82, 2.24) is 0 Å². The molecular formula is C122H88O6. The fraction of sp³-hybridized carbons (Fsp3) is 0.0656. The summed E-state index contributed by atoms with van der Waals surface area (Å²) in [7, 11) is 0. The van der Waals surface area contributed by atoms with Crippen molar-refractivity contribution >= 4 is 34.7 Å². The topological polar surface area (TPSA) is 102 Å². The Morgan fingerprint density at radius 2 is 0.234 bits per heavy atom. The molecule has 0 aliphatic heterocycles. The Hall–Kier alpha value is -17.1. The Labute approximate surface area is 751 Å². The van der Waals surface area contributed by atoms with Gasteiger partial charge in [0, 0.05) is 134 Å². The molecular weight excluding hydrogens is 1560 g/mol. The molecule has 16 rings (SSSR count). The minimum absolute atomic E-state index is 0.00154. The average Bonchev–Trinajstić information content (AvgIpc) is 0.792. The molecule has 0 spiro atoms. The second-order valence-corrected chi connectivity index (χ2v) is 31.0. The second-order valence-electron chi connectivity index (χ2n) is 31.0. The minimum atomic E-state index is -0.0389. The van der Waals surface area contributed by atoms with Gasteiger partial charge in [-0.1, -0.05) is 310 Å². The van der Waals surface area contributed by atoms with Crippen molar-refractivity contribution in [1.29, 1.82) is 0 Å². The van der Waals surface area contributed by atoms with Gasteiger partial charge in [0.1, 0.15) is 0 Å². The largest absolute Gasteiger partial charge is 0.289 e. The van der Waals surface area contributed by atoms with Crippen molar-refractivity contribution in [3.05, 3.63) is 566 Å². The first-order valence-electron chi connectivity index (χ1n) is 41.9. The van der Waals surface area contributed by atoms with Crippen LogP contribution < -0.4 is 0 Å². The van der Waals surface area contributed by atoms with Crippen LogP contribution in [0.15, 0.2) is 388 Å². The molecule has 0 saturated heterocycles. The maximum absolute atomic E-state index is 13.1. The molecule has 0 radical (unpaired) electrons. The summed E-state index contributed by atoms with van der Waals surface area (Å²) < 4.78 is 0. The first-order chi connectivity index (χ1) is 62.1. The lowest BCUT2D eigenvalue weighted by atomic mass is 9.99. The van der Waals surface area contributed by atoms with E-state index < -0.39 is 0 Å². The van der Waals surface area contributed by atoms with Gasteiger partial charge in [-0.05, 0) is 250 Å². The molecule has 0 aliphatic rings. The van der Waals surface area contributed by atoms with Crippen LogP contribution in [0, 0.1) is 126 Å². The smallest absolute Gasteiger partial charge is 0.193 e. The van der Waals surface area contributed by atoms with E-state index in [4.69, 9.17) is 0 Å². The zero-order chi connectivity index (χ0) is 89.7. The minimum Gasteiger partial charge on any atom is -0.289 e. The zero-order valence-corrected chi connectivity index (χ0v) is 72.4. The summed E-state index contributed by atoms with van der Waals surface area (Å²) in [5, 5.41) is 0. The van der Waals surface area contributed by atoms with E-state index in [0.29, 0.717) is 66.8 Å². The van der Waals surface area contributed by atoms with E-state index in [9.17, 15) is 28.8 Å². The maximum atomic E-state index is 13.1. The van der Waals surface area contributed by atoms with Crippen LogP contribution >= 0.6 is 0 Å². The number of ketones is 6. The lowest BCUT2D eigenvalue weighted by Crippen LogP contribution is -2.01. The van der Waals surface area contributed by atoms with Gasteiger partial charge in [0.2, 0.25) is 0 Å². The van der Waals surface area contributed by atoms with Crippen LogP contribution in [0.4, 0.5) is 0 Å². The third kappa shape index (κ3) is 26.0. The van der Waals surface area contributed by atoms with Crippen LogP contribution in [-0.4, -0.2) is 34.7 Å². The Kier molecular flexibility index (Phi) is 30.2. The number of hydrogen-bond donors (Lipinski definition) is 0. The van der Waals surface area contributed by atoms with Crippen LogP contribution in [0.2, 0.25) is 0 Å². The van der Waals surface area contributed by atoms with Gasteiger partial charge in [0.05, 0.1) is 0 Å². The molecule has 612 valence electrons. The number of benzene rings is 16. The number of aryl methyl sites for hydroxylation is 8. The van der Waals surface area contributed by atoms with E-state index >= 15 is 0 Å². The number of rotatable bonds is 12. The molecule has 0 bridgehead atoms. The molecule has 0 atom stereocenters. The molecule has 0 amide bonds. The molecule has 0 unspecified atom stereocenters. The number of hydrogen-bond acceptors (Lipinski definition) is 6. The molecule has 16 aromatic rings. The predicted octanol–water partition coefficient (Wildman–Crippen LogP) is 25.0. The molecule has 128 heavy (non-hydrogen) atoms. The van der Waals surface area contributed by atoms with Crippen LogP contribution in [0.1, 0.15) is 207 Å². The summed E-state index contributed by atoms with van der Waals surface area (Å²) in [6.45, 7) is 16.2. The van der Waals surface area contributed by atoms with Gasteiger partial charge in [0.25, 0.3) is 0 Å². The molecule has 0 saturated carbocycles. The van der Waals surface area contributed by atoms with E-state index in [-0.39, 0.29) is 34.7 Å². The van der Waals surface area contributed by atoms with E-state index in [2.05, 4.69) is 98.7 Å².